The predicted molar refractivity (Wildman–Crippen MR) is 147 cm³/mol. The summed E-state index contributed by atoms with van der Waals surface area (Å²) in [6.45, 7) is 0. The van der Waals surface area contributed by atoms with Gasteiger partial charge in [-0.25, -0.2) is 9.98 Å². The molecule has 0 radical (unpaired) electrons. The predicted octanol–water partition coefficient (Wildman–Crippen LogP) is 3.91. The first kappa shape index (κ1) is 23.0. The summed E-state index contributed by atoms with van der Waals surface area (Å²) < 4.78 is 1.67. The number of ketones is 2. The van der Waals surface area contributed by atoms with Crippen LogP contribution in [0.4, 0.5) is 23.0 Å². The maximum Gasteiger partial charge on any atom is 0.312 e. The summed E-state index contributed by atoms with van der Waals surface area (Å²) in [5.41, 5.74) is 1.38. The van der Waals surface area contributed by atoms with Crippen molar-refractivity contribution in [3.05, 3.63) is 107 Å². The second kappa shape index (κ2) is 8.72. The fourth-order valence-corrected chi connectivity index (χ4v) is 5.06. The summed E-state index contributed by atoms with van der Waals surface area (Å²) in [4.78, 5) is 47.6. The van der Waals surface area contributed by atoms with Gasteiger partial charge in [0.1, 0.15) is 17.8 Å². The van der Waals surface area contributed by atoms with Gasteiger partial charge in [0.15, 0.2) is 11.4 Å². The van der Waals surface area contributed by atoms with Crippen molar-refractivity contribution in [2.45, 2.75) is 6.17 Å². The van der Waals surface area contributed by atoms with E-state index < -0.39 is 17.7 Å². The molecule has 3 aliphatic rings. The van der Waals surface area contributed by atoms with Crippen LogP contribution in [0.1, 0.15) is 32.1 Å². The summed E-state index contributed by atoms with van der Waals surface area (Å²) in [7, 11) is 0. The van der Waals surface area contributed by atoms with Crippen LogP contribution in [0.25, 0.3) is 0 Å². The topological polar surface area (TPSA) is 138 Å². The smallest absolute Gasteiger partial charge is 0.288 e. The quantitative estimate of drug-likeness (QED) is 0.366. The number of carbonyl (C=O) groups is 2. The molecule has 40 heavy (non-hydrogen) atoms. The molecule has 0 saturated heterocycles. The van der Waals surface area contributed by atoms with Crippen molar-refractivity contribution in [2.24, 2.45) is 9.98 Å². The molecule has 1 aliphatic carbocycles. The fourth-order valence-electron chi connectivity index (χ4n) is 5.06. The summed E-state index contributed by atoms with van der Waals surface area (Å²) in [6.07, 6.45) is -0.940. The van der Waals surface area contributed by atoms with E-state index in [9.17, 15) is 20.1 Å². The number of nitrogens with zero attached hydrogens (tertiary/aromatic N) is 8. The van der Waals surface area contributed by atoms with E-state index in [1.54, 1.807) is 33.7 Å². The van der Waals surface area contributed by atoms with Gasteiger partial charge in [0.05, 0.1) is 0 Å². The van der Waals surface area contributed by atoms with Gasteiger partial charge in [-0.15, -0.1) is 0 Å². The molecule has 0 saturated carbocycles. The average molecular weight is 520 g/mol. The van der Waals surface area contributed by atoms with Gasteiger partial charge in [0, 0.05) is 16.8 Å². The molecule has 1 unspecified atom stereocenters. The monoisotopic (exact) mass is 519 g/mol. The highest BCUT2D eigenvalue weighted by Crippen LogP contribution is 2.41. The number of nitriles is 2. The van der Waals surface area contributed by atoms with Crippen molar-refractivity contribution in [3.63, 3.8) is 0 Å². The Morgan fingerprint density at radius 1 is 0.725 bits per heavy atom. The third-order valence-corrected chi connectivity index (χ3v) is 6.81. The molecule has 10 heteroatoms. The van der Waals surface area contributed by atoms with Gasteiger partial charge in [-0.1, -0.05) is 70.6 Å². The van der Waals surface area contributed by atoms with Crippen molar-refractivity contribution in [2.75, 3.05) is 4.90 Å². The first-order valence-electron chi connectivity index (χ1n) is 12.2. The molecule has 1 atom stereocenters. The number of rotatable bonds is 2. The van der Waals surface area contributed by atoms with Crippen LogP contribution in [0.2, 0.25) is 0 Å². The third-order valence-electron chi connectivity index (χ3n) is 6.81. The van der Waals surface area contributed by atoms with E-state index in [1.807, 2.05) is 72.8 Å². The fraction of sp³-hybridized carbons (Fsp3) is 0.0333. The molecule has 0 amide bonds. The van der Waals surface area contributed by atoms with Crippen LogP contribution in [0, 0.1) is 22.7 Å². The number of fused-ring (bicyclic) bond motifs is 4. The number of benzene rings is 3. The Bertz CT molecular complexity index is 1960. The Morgan fingerprint density at radius 3 is 1.95 bits per heavy atom. The second-order valence-corrected chi connectivity index (χ2v) is 9.04. The van der Waals surface area contributed by atoms with E-state index in [2.05, 4.69) is 9.97 Å². The van der Waals surface area contributed by atoms with Crippen molar-refractivity contribution >= 4 is 51.8 Å². The van der Waals surface area contributed by atoms with Gasteiger partial charge in [0.2, 0.25) is 29.3 Å². The zero-order chi connectivity index (χ0) is 27.4. The molecule has 3 heterocycles. The molecule has 1 aromatic heterocycles. The lowest BCUT2D eigenvalue weighted by molar-refractivity contribution is 0.102. The average Bonchev–Trinajstić information content (AvgIpc) is 3.02. The van der Waals surface area contributed by atoms with E-state index in [0.29, 0.717) is 17.2 Å². The zero-order valence-electron chi connectivity index (χ0n) is 20.6. The molecule has 186 valence electrons. The molecule has 3 aromatic carbocycles. The number of para-hydroxylation sites is 2. The Kier molecular flexibility index (Phi) is 5.02. The van der Waals surface area contributed by atoms with Gasteiger partial charge in [-0.2, -0.15) is 15.1 Å². The van der Waals surface area contributed by atoms with E-state index in [1.165, 1.54) is 0 Å². The number of anilines is 2. The van der Waals surface area contributed by atoms with Crippen molar-refractivity contribution in [1.29, 1.82) is 10.5 Å². The molecular weight excluding hydrogens is 504 g/mol. The van der Waals surface area contributed by atoms with E-state index in [-0.39, 0.29) is 45.6 Å². The lowest BCUT2D eigenvalue weighted by Gasteiger charge is -2.35. The Morgan fingerprint density at radius 2 is 1.30 bits per heavy atom. The lowest BCUT2D eigenvalue weighted by Crippen LogP contribution is -2.51. The van der Waals surface area contributed by atoms with Crippen LogP contribution >= 0.6 is 0 Å². The summed E-state index contributed by atoms with van der Waals surface area (Å²) in [5.74, 6) is -0.0350. The number of aliphatic imine (C=N–C) groups is 2. The SMILES string of the molecule is N#Cc1nc2c(nc1C#N)[N+](c1ccccc1)=C1N=C3C(=O)c4ccccc4C(=O)C3=NC1N2c1ccccc1. The van der Waals surface area contributed by atoms with Crippen LogP contribution in [0.3, 0.4) is 0 Å². The molecule has 0 spiro atoms. The largest absolute Gasteiger partial charge is 0.312 e. The molecule has 10 nitrogen and oxygen atoms in total. The maximum atomic E-state index is 13.6. The normalized spacial score (nSPS) is 16.9. The van der Waals surface area contributed by atoms with E-state index in [0.717, 1.165) is 0 Å². The van der Waals surface area contributed by atoms with Crippen LogP contribution in [0.5, 0.6) is 0 Å². The number of carbonyl (C=O) groups excluding carboxylic acids is 2. The van der Waals surface area contributed by atoms with Crippen molar-refractivity contribution in [1.82, 2.24) is 14.5 Å². The van der Waals surface area contributed by atoms with Gasteiger partial charge >= 0.3 is 5.82 Å². The number of amidine groups is 1. The maximum absolute atomic E-state index is 13.6. The standard InChI is InChI=1S/C30H15N8O2/c31-15-21-22(16-32)34-28-27(33-21)37(17-9-3-1-4-10-17)29-30(38(28)18-11-5-2-6-12-18)36-24-23(35-29)25(39)19-13-7-8-14-20(19)26(24)40/h1-14,29H/q+1. The second-order valence-electron chi connectivity index (χ2n) is 9.04. The molecule has 4 aromatic rings. The van der Waals surface area contributed by atoms with Gasteiger partial charge < -0.3 is 0 Å². The minimum absolute atomic E-state index is 0.0445. The van der Waals surface area contributed by atoms with Gasteiger partial charge in [-0.3, -0.25) is 14.5 Å². The number of Topliss-reactive ketones (excluding diaryl/α,β-unsaturated/α-hetero) is 2. The third kappa shape index (κ3) is 3.24. The molecule has 2 aliphatic heterocycles. The number of hydrogen-bond donors (Lipinski definition) is 0. The minimum atomic E-state index is -0.940. The molecule has 0 N–H and O–H groups in total. The summed E-state index contributed by atoms with van der Waals surface area (Å²) in [6, 6.07) is 28.8. The zero-order valence-corrected chi connectivity index (χ0v) is 20.6. The summed E-state index contributed by atoms with van der Waals surface area (Å²) in [5, 5.41) is 19.5. The van der Waals surface area contributed by atoms with E-state index >= 15 is 0 Å². The highest BCUT2D eigenvalue weighted by atomic mass is 16.1. The minimum Gasteiger partial charge on any atom is -0.288 e. The number of aromatic nitrogens is 2. The van der Waals surface area contributed by atoms with Crippen molar-refractivity contribution in [3.8, 4) is 12.1 Å². The molecular formula is C30H15N8O2+. The van der Waals surface area contributed by atoms with E-state index in [4.69, 9.17) is 9.98 Å². The Balaban J connectivity index is 1.60. The first-order chi connectivity index (χ1) is 19.6. The van der Waals surface area contributed by atoms with Crippen LogP contribution in [-0.2, 0) is 0 Å². The highest BCUT2D eigenvalue weighted by Gasteiger charge is 2.49. The van der Waals surface area contributed by atoms with Crippen molar-refractivity contribution < 1.29 is 9.59 Å². The molecule has 0 fully saturated rings. The highest BCUT2D eigenvalue weighted by molar-refractivity contribution is 6.88. The van der Waals surface area contributed by atoms with Crippen LogP contribution in [-0.4, -0.2) is 45.0 Å². The Labute approximate surface area is 227 Å². The van der Waals surface area contributed by atoms with Gasteiger partial charge in [0.25, 0.3) is 11.5 Å². The van der Waals surface area contributed by atoms with Crippen LogP contribution < -0.4 is 9.48 Å². The first-order valence-corrected chi connectivity index (χ1v) is 12.2. The number of hydrogen-bond acceptors (Lipinski definition) is 9. The molecule has 7 rings (SSSR count). The molecule has 0 bridgehead atoms. The summed E-state index contributed by atoms with van der Waals surface area (Å²) >= 11 is 0. The van der Waals surface area contributed by atoms with Gasteiger partial charge in [-0.05, 0) is 24.3 Å². The Hall–Kier alpha value is -6.13. The van der Waals surface area contributed by atoms with Crippen LogP contribution in [0.15, 0.2) is 94.9 Å². The lowest BCUT2D eigenvalue weighted by atomic mass is 9.86.